The molecule has 1 aromatic rings. The molecule has 1 atom stereocenters. The number of rotatable bonds is 8. The van der Waals surface area contributed by atoms with Crippen molar-refractivity contribution in [2.75, 3.05) is 19.6 Å². The molecule has 0 aromatic heterocycles. The van der Waals surface area contributed by atoms with Crippen LogP contribution in [0.15, 0.2) is 54.5 Å². The van der Waals surface area contributed by atoms with Gasteiger partial charge in [0.25, 0.3) is 0 Å². The number of nitrogens with two attached hydrogens (primary N) is 1. The van der Waals surface area contributed by atoms with Crippen LogP contribution in [0.25, 0.3) is 0 Å². The summed E-state index contributed by atoms with van der Waals surface area (Å²) in [5, 5.41) is 0. The molecule has 1 rings (SSSR count). The summed E-state index contributed by atoms with van der Waals surface area (Å²) < 4.78 is 0. The van der Waals surface area contributed by atoms with E-state index in [0.717, 1.165) is 18.0 Å². The highest BCUT2D eigenvalue weighted by molar-refractivity contribution is 8.68. The van der Waals surface area contributed by atoms with Crippen LogP contribution in [-0.2, 0) is 0 Å². The van der Waals surface area contributed by atoms with Crippen LogP contribution >= 0.6 is 22.5 Å². The van der Waals surface area contributed by atoms with E-state index in [1.807, 2.05) is 12.2 Å². The van der Waals surface area contributed by atoms with Crippen molar-refractivity contribution >= 4 is 22.5 Å². The summed E-state index contributed by atoms with van der Waals surface area (Å²) in [4.78, 5) is 3.39. The first-order valence-corrected chi connectivity index (χ1v) is 7.71. The Morgan fingerprint density at radius 2 is 1.78 bits per heavy atom. The van der Waals surface area contributed by atoms with E-state index in [0.29, 0.717) is 6.54 Å². The minimum atomic E-state index is 0.194. The van der Waals surface area contributed by atoms with Gasteiger partial charge in [0, 0.05) is 30.6 Å². The molecule has 0 aliphatic rings. The van der Waals surface area contributed by atoms with E-state index in [1.54, 1.807) is 0 Å². The molecule has 1 unspecified atom stereocenters. The number of hydrogen-bond acceptors (Lipinski definition) is 4. The van der Waals surface area contributed by atoms with Crippen LogP contribution < -0.4 is 5.73 Å². The molecule has 0 bridgehead atoms. The van der Waals surface area contributed by atoms with Crippen molar-refractivity contribution in [1.29, 1.82) is 0 Å². The fourth-order valence-electron chi connectivity index (χ4n) is 1.91. The number of benzene rings is 1. The zero-order chi connectivity index (χ0) is 13.4. The predicted octanol–water partition coefficient (Wildman–Crippen LogP) is 3.30. The van der Waals surface area contributed by atoms with Gasteiger partial charge in [-0.05, 0) is 17.7 Å². The van der Waals surface area contributed by atoms with Gasteiger partial charge in [0.2, 0.25) is 0 Å². The molecule has 4 heteroatoms. The lowest BCUT2D eigenvalue weighted by Crippen LogP contribution is -2.34. The van der Waals surface area contributed by atoms with Crippen LogP contribution in [-0.4, -0.2) is 24.5 Å². The fourth-order valence-corrected chi connectivity index (χ4v) is 2.53. The molecule has 0 aliphatic carbocycles. The van der Waals surface area contributed by atoms with Crippen LogP contribution in [0.1, 0.15) is 11.6 Å². The highest BCUT2D eigenvalue weighted by atomic mass is 33.1. The van der Waals surface area contributed by atoms with Gasteiger partial charge in [-0.1, -0.05) is 35.1 Å². The molecular formula is C14H20N2S2. The zero-order valence-corrected chi connectivity index (χ0v) is 12.2. The van der Waals surface area contributed by atoms with Gasteiger partial charge < -0.3 is 5.73 Å². The minimum absolute atomic E-state index is 0.194. The van der Waals surface area contributed by atoms with E-state index in [1.165, 1.54) is 16.4 Å². The molecule has 18 heavy (non-hydrogen) atoms. The first-order valence-electron chi connectivity index (χ1n) is 5.84. The first kappa shape index (κ1) is 15.4. The van der Waals surface area contributed by atoms with E-state index in [4.69, 9.17) is 5.73 Å². The van der Waals surface area contributed by atoms with Crippen LogP contribution in [0, 0.1) is 0 Å². The lowest BCUT2D eigenvalue weighted by molar-refractivity contribution is 0.248. The zero-order valence-electron chi connectivity index (χ0n) is 10.5. The van der Waals surface area contributed by atoms with Gasteiger partial charge in [0.05, 0.1) is 0 Å². The summed E-state index contributed by atoms with van der Waals surface area (Å²) >= 11 is 4.18. The molecule has 0 radical (unpaired) electrons. The lowest BCUT2D eigenvalue weighted by atomic mass is 10.1. The Kier molecular flexibility index (Phi) is 7.20. The van der Waals surface area contributed by atoms with Gasteiger partial charge in [-0.2, -0.15) is 0 Å². The predicted molar refractivity (Wildman–Crippen MR) is 85.0 cm³/mol. The first-order chi connectivity index (χ1) is 8.76. The molecule has 0 aliphatic heterocycles. The maximum absolute atomic E-state index is 5.91. The Hall–Kier alpha value is -0.680. The van der Waals surface area contributed by atoms with Crippen molar-refractivity contribution < 1.29 is 0 Å². The second-order valence-corrected chi connectivity index (χ2v) is 5.14. The van der Waals surface area contributed by atoms with Crippen molar-refractivity contribution in [2.24, 2.45) is 5.73 Å². The molecule has 0 saturated carbocycles. The van der Waals surface area contributed by atoms with Crippen molar-refractivity contribution in [3.05, 3.63) is 55.1 Å². The Labute approximate surface area is 119 Å². The molecule has 1 aromatic carbocycles. The van der Waals surface area contributed by atoms with Crippen molar-refractivity contribution in [1.82, 2.24) is 4.90 Å². The molecule has 0 saturated heterocycles. The molecule has 0 fully saturated rings. The summed E-state index contributed by atoms with van der Waals surface area (Å²) in [6.45, 7) is 9.76. The smallest absolute Gasteiger partial charge is 0.0477 e. The topological polar surface area (TPSA) is 29.3 Å². The summed E-state index contributed by atoms with van der Waals surface area (Å²) in [6.07, 6.45) is 3.79. The normalized spacial score (nSPS) is 12.4. The van der Waals surface area contributed by atoms with E-state index in [-0.39, 0.29) is 6.04 Å². The SMILES string of the molecule is C=CCN(CC=C)C(CN)c1ccc(SS)cc1. The van der Waals surface area contributed by atoms with E-state index in [9.17, 15) is 0 Å². The Balaban J connectivity index is 2.90. The number of thiol groups is 1. The Morgan fingerprint density at radius 1 is 1.22 bits per heavy atom. The van der Waals surface area contributed by atoms with Crippen LogP contribution in [0.4, 0.5) is 0 Å². The maximum Gasteiger partial charge on any atom is 0.0477 e. The van der Waals surface area contributed by atoms with Gasteiger partial charge in [-0.25, -0.2) is 0 Å². The third-order valence-corrected chi connectivity index (χ3v) is 3.88. The second kappa shape index (κ2) is 8.43. The summed E-state index contributed by atoms with van der Waals surface area (Å²) in [7, 11) is 1.44. The molecule has 2 nitrogen and oxygen atoms in total. The molecule has 98 valence electrons. The highest BCUT2D eigenvalue weighted by Crippen LogP contribution is 2.25. The molecule has 0 spiro atoms. The molecule has 2 N–H and O–H groups in total. The fraction of sp³-hybridized carbons (Fsp3) is 0.286. The van der Waals surface area contributed by atoms with Crippen LogP contribution in [0.2, 0.25) is 0 Å². The van der Waals surface area contributed by atoms with Crippen LogP contribution in [0.3, 0.4) is 0 Å². The van der Waals surface area contributed by atoms with Crippen molar-refractivity contribution in [3.63, 3.8) is 0 Å². The van der Waals surface area contributed by atoms with Crippen molar-refractivity contribution in [3.8, 4) is 0 Å². The van der Waals surface area contributed by atoms with E-state index >= 15 is 0 Å². The largest absolute Gasteiger partial charge is 0.329 e. The van der Waals surface area contributed by atoms with Gasteiger partial charge in [0.1, 0.15) is 0 Å². The number of nitrogens with zero attached hydrogens (tertiary/aromatic N) is 1. The average molecular weight is 280 g/mol. The van der Waals surface area contributed by atoms with Crippen LogP contribution in [0.5, 0.6) is 0 Å². The third kappa shape index (κ3) is 4.21. The molecule has 0 heterocycles. The van der Waals surface area contributed by atoms with E-state index < -0.39 is 0 Å². The summed E-state index contributed by atoms with van der Waals surface area (Å²) in [6, 6.07) is 8.54. The third-order valence-electron chi connectivity index (χ3n) is 2.76. The monoisotopic (exact) mass is 280 g/mol. The van der Waals surface area contributed by atoms with E-state index in [2.05, 4.69) is 54.0 Å². The quantitative estimate of drug-likeness (QED) is 0.435. The highest BCUT2D eigenvalue weighted by Gasteiger charge is 2.16. The average Bonchev–Trinajstić information content (AvgIpc) is 2.41. The maximum atomic E-state index is 5.91. The number of hydrogen-bond donors (Lipinski definition) is 2. The molecular weight excluding hydrogens is 260 g/mol. The Bertz CT molecular complexity index is 366. The summed E-state index contributed by atoms with van der Waals surface area (Å²) in [5.41, 5.74) is 7.12. The Morgan fingerprint density at radius 3 is 2.17 bits per heavy atom. The van der Waals surface area contributed by atoms with Gasteiger partial charge in [-0.15, -0.1) is 24.8 Å². The molecule has 0 amide bonds. The van der Waals surface area contributed by atoms with Gasteiger partial charge in [-0.3, -0.25) is 4.90 Å². The van der Waals surface area contributed by atoms with Gasteiger partial charge >= 0.3 is 0 Å². The van der Waals surface area contributed by atoms with Gasteiger partial charge in [0.15, 0.2) is 0 Å². The lowest BCUT2D eigenvalue weighted by Gasteiger charge is -2.29. The minimum Gasteiger partial charge on any atom is -0.329 e. The standard InChI is InChI=1S/C14H20N2S2/c1-3-9-16(10-4-2)14(11-15)12-5-7-13(18-17)8-6-12/h3-8,14,17H,1-2,9-11,15H2. The van der Waals surface area contributed by atoms with Crippen molar-refractivity contribution in [2.45, 2.75) is 10.9 Å². The second-order valence-electron chi connectivity index (χ2n) is 3.94. The summed E-state index contributed by atoms with van der Waals surface area (Å²) in [5.74, 6) is 0.